The van der Waals surface area contributed by atoms with Gasteiger partial charge >= 0.3 is 0 Å². The number of rotatable bonds is 6. The van der Waals surface area contributed by atoms with Crippen LogP contribution in [-0.2, 0) is 0 Å². The minimum atomic E-state index is -0.0441. The molecule has 1 aromatic carbocycles. The van der Waals surface area contributed by atoms with Gasteiger partial charge in [0.2, 0.25) is 5.95 Å². The maximum absolute atomic E-state index is 12.7. The van der Waals surface area contributed by atoms with Gasteiger partial charge in [-0.25, -0.2) is 9.97 Å². The summed E-state index contributed by atoms with van der Waals surface area (Å²) in [4.78, 5) is 22.9. The average Bonchev–Trinajstić information content (AvgIpc) is 3.17. The topological polar surface area (TPSA) is 76.6 Å². The van der Waals surface area contributed by atoms with Crippen LogP contribution in [0.4, 0.5) is 5.95 Å². The molecule has 7 nitrogen and oxygen atoms in total. The molecule has 1 aliphatic rings. The van der Waals surface area contributed by atoms with Crippen LogP contribution < -0.4 is 14.8 Å². The van der Waals surface area contributed by atoms with Gasteiger partial charge in [0.1, 0.15) is 11.5 Å². The van der Waals surface area contributed by atoms with E-state index in [4.69, 9.17) is 9.47 Å². The lowest BCUT2D eigenvalue weighted by molar-refractivity contribution is 0.0790. The number of nitrogens with zero attached hydrogens (tertiary/aromatic N) is 3. The molecule has 1 N–H and O–H groups in total. The molecule has 138 valence electrons. The number of carbonyl (C=O) groups is 1. The van der Waals surface area contributed by atoms with Crippen LogP contribution in [0.2, 0.25) is 0 Å². The molecule has 0 aliphatic carbocycles. The first-order valence-electron chi connectivity index (χ1n) is 8.73. The van der Waals surface area contributed by atoms with Gasteiger partial charge in [0.25, 0.3) is 5.91 Å². The highest BCUT2D eigenvalue weighted by molar-refractivity contribution is 5.94. The number of amides is 1. The average molecular weight is 356 g/mol. The Balaban J connectivity index is 1.73. The number of benzene rings is 1. The molecule has 0 bridgehead atoms. The summed E-state index contributed by atoms with van der Waals surface area (Å²) < 4.78 is 10.8. The molecule has 7 heteroatoms. The van der Waals surface area contributed by atoms with Crippen molar-refractivity contribution in [2.24, 2.45) is 0 Å². The molecule has 2 aromatic rings. The first-order chi connectivity index (χ1) is 12.7. The van der Waals surface area contributed by atoms with E-state index >= 15 is 0 Å². The number of hydrogen-bond acceptors (Lipinski definition) is 6. The van der Waals surface area contributed by atoms with E-state index in [1.807, 2.05) is 30.0 Å². The normalized spacial score (nSPS) is 16.4. The number of anilines is 1. The molecule has 1 fully saturated rings. The molecule has 3 rings (SSSR count). The fraction of sp³-hybridized carbons (Fsp3) is 0.421. The molecular formula is C19H24N4O3. The summed E-state index contributed by atoms with van der Waals surface area (Å²) >= 11 is 0. The van der Waals surface area contributed by atoms with E-state index in [9.17, 15) is 4.79 Å². The van der Waals surface area contributed by atoms with Gasteiger partial charge in [-0.1, -0.05) is 0 Å². The standard InChI is InChI=1S/C19H24N4O3/c1-4-20-19-21-10-14(11-22-19)18(24)23-8-7-13(12-23)16-9-15(25-2)5-6-17(16)26-3/h5-6,9-11,13H,4,7-8,12H2,1-3H3,(H,20,21,22)/t13-/m1/s1. The Morgan fingerprint density at radius 1 is 1.27 bits per heavy atom. The number of ether oxygens (including phenoxy) is 2. The molecule has 1 amide bonds. The summed E-state index contributed by atoms with van der Waals surface area (Å²) in [6, 6.07) is 5.78. The van der Waals surface area contributed by atoms with Crippen LogP contribution in [0.1, 0.15) is 35.2 Å². The van der Waals surface area contributed by atoms with Crippen LogP contribution in [0.15, 0.2) is 30.6 Å². The van der Waals surface area contributed by atoms with Crippen molar-refractivity contribution in [3.63, 3.8) is 0 Å². The van der Waals surface area contributed by atoms with Crippen LogP contribution >= 0.6 is 0 Å². The maximum Gasteiger partial charge on any atom is 0.257 e. The van der Waals surface area contributed by atoms with Gasteiger partial charge in [0.05, 0.1) is 19.8 Å². The van der Waals surface area contributed by atoms with Crippen molar-refractivity contribution in [1.82, 2.24) is 14.9 Å². The number of carbonyl (C=O) groups excluding carboxylic acids is 1. The molecule has 1 atom stereocenters. The third kappa shape index (κ3) is 3.71. The minimum Gasteiger partial charge on any atom is -0.497 e. The maximum atomic E-state index is 12.7. The highest BCUT2D eigenvalue weighted by atomic mass is 16.5. The van der Waals surface area contributed by atoms with E-state index in [0.717, 1.165) is 30.0 Å². The van der Waals surface area contributed by atoms with Gasteiger partial charge < -0.3 is 19.7 Å². The van der Waals surface area contributed by atoms with Gasteiger partial charge in [-0.05, 0) is 31.5 Å². The first-order valence-corrected chi connectivity index (χ1v) is 8.73. The van der Waals surface area contributed by atoms with Gasteiger partial charge in [0.15, 0.2) is 0 Å². The Morgan fingerprint density at radius 3 is 2.69 bits per heavy atom. The van der Waals surface area contributed by atoms with Crippen LogP contribution in [0.5, 0.6) is 11.5 Å². The molecule has 1 aliphatic heterocycles. The van der Waals surface area contributed by atoms with Crippen molar-refractivity contribution >= 4 is 11.9 Å². The lowest BCUT2D eigenvalue weighted by atomic mass is 9.97. The smallest absolute Gasteiger partial charge is 0.257 e. The predicted molar refractivity (Wildman–Crippen MR) is 99.0 cm³/mol. The fourth-order valence-corrected chi connectivity index (χ4v) is 3.23. The van der Waals surface area contributed by atoms with Crippen molar-refractivity contribution in [3.8, 4) is 11.5 Å². The Morgan fingerprint density at radius 2 is 2.04 bits per heavy atom. The summed E-state index contributed by atoms with van der Waals surface area (Å²) in [6.45, 7) is 4.04. The lowest BCUT2D eigenvalue weighted by Gasteiger charge is -2.18. The van der Waals surface area contributed by atoms with Crippen molar-refractivity contribution in [3.05, 3.63) is 41.7 Å². The zero-order valence-corrected chi connectivity index (χ0v) is 15.4. The summed E-state index contributed by atoms with van der Waals surface area (Å²) in [7, 11) is 3.31. The molecule has 26 heavy (non-hydrogen) atoms. The number of likely N-dealkylation sites (tertiary alicyclic amines) is 1. The number of methoxy groups -OCH3 is 2. The van der Waals surface area contributed by atoms with Crippen LogP contribution in [-0.4, -0.2) is 54.6 Å². The van der Waals surface area contributed by atoms with Crippen molar-refractivity contribution in [1.29, 1.82) is 0 Å². The van der Waals surface area contributed by atoms with Gasteiger partial charge in [0, 0.05) is 43.5 Å². The van der Waals surface area contributed by atoms with Gasteiger partial charge in [-0.3, -0.25) is 4.79 Å². The van der Waals surface area contributed by atoms with Crippen molar-refractivity contribution in [2.75, 3.05) is 39.2 Å². The second-order valence-corrected chi connectivity index (χ2v) is 6.17. The molecule has 1 aromatic heterocycles. The van der Waals surface area contributed by atoms with E-state index in [0.29, 0.717) is 24.6 Å². The SMILES string of the molecule is CCNc1ncc(C(=O)N2CC[C@@H](c3cc(OC)ccc3OC)C2)cn1. The van der Waals surface area contributed by atoms with Gasteiger partial charge in [-0.2, -0.15) is 0 Å². The zero-order chi connectivity index (χ0) is 18.5. The number of nitrogens with one attached hydrogen (secondary N) is 1. The van der Waals surface area contributed by atoms with Crippen LogP contribution in [0.25, 0.3) is 0 Å². The monoisotopic (exact) mass is 356 g/mol. The summed E-state index contributed by atoms with van der Waals surface area (Å²) in [6.07, 6.45) is 4.03. The first kappa shape index (κ1) is 18.0. The quantitative estimate of drug-likeness (QED) is 0.857. The molecule has 1 saturated heterocycles. The second-order valence-electron chi connectivity index (χ2n) is 6.17. The Bertz CT molecular complexity index is 764. The predicted octanol–water partition coefficient (Wildman–Crippen LogP) is 2.56. The number of hydrogen-bond donors (Lipinski definition) is 1. The molecule has 0 spiro atoms. The van der Waals surface area contributed by atoms with Gasteiger partial charge in [-0.15, -0.1) is 0 Å². The van der Waals surface area contributed by atoms with E-state index in [1.165, 1.54) is 0 Å². The van der Waals surface area contributed by atoms with E-state index in [2.05, 4.69) is 15.3 Å². The van der Waals surface area contributed by atoms with E-state index < -0.39 is 0 Å². The molecule has 0 unspecified atom stereocenters. The molecule has 2 heterocycles. The summed E-state index contributed by atoms with van der Waals surface area (Å²) in [5.74, 6) is 2.31. The largest absolute Gasteiger partial charge is 0.497 e. The summed E-state index contributed by atoms with van der Waals surface area (Å²) in [5.41, 5.74) is 1.57. The van der Waals surface area contributed by atoms with Crippen LogP contribution in [0, 0.1) is 0 Å². The third-order valence-corrected chi connectivity index (χ3v) is 4.59. The van der Waals surface area contributed by atoms with Crippen molar-refractivity contribution in [2.45, 2.75) is 19.3 Å². The molecule has 0 radical (unpaired) electrons. The highest BCUT2D eigenvalue weighted by Gasteiger charge is 2.30. The van der Waals surface area contributed by atoms with E-state index in [-0.39, 0.29) is 11.8 Å². The van der Waals surface area contributed by atoms with Crippen LogP contribution in [0.3, 0.4) is 0 Å². The highest BCUT2D eigenvalue weighted by Crippen LogP contribution is 2.36. The molecule has 0 saturated carbocycles. The zero-order valence-electron chi connectivity index (χ0n) is 15.4. The minimum absolute atomic E-state index is 0.0441. The fourth-order valence-electron chi connectivity index (χ4n) is 3.23. The summed E-state index contributed by atoms with van der Waals surface area (Å²) in [5, 5.41) is 3.02. The molecular weight excluding hydrogens is 332 g/mol. The Labute approximate surface area is 153 Å². The third-order valence-electron chi connectivity index (χ3n) is 4.59. The van der Waals surface area contributed by atoms with E-state index in [1.54, 1.807) is 26.6 Å². The lowest BCUT2D eigenvalue weighted by Crippen LogP contribution is -2.28. The Kier molecular flexibility index (Phi) is 5.55. The number of aromatic nitrogens is 2. The second kappa shape index (κ2) is 8.03. The Hall–Kier alpha value is -2.83. The van der Waals surface area contributed by atoms with Crippen molar-refractivity contribution < 1.29 is 14.3 Å².